The maximum Gasteiger partial charge on any atom is 0.251 e. The Balaban J connectivity index is 2.81. The third-order valence-electron chi connectivity index (χ3n) is 2.58. The average molecular weight is 233 g/mol. The molecule has 0 unspecified atom stereocenters. The van der Waals surface area contributed by atoms with Gasteiger partial charge in [0.05, 0.1) is 0 Å². The summed E-state index contributed by atoms with van der Waals surface area (Å²) in [5, 5.41) is 2.83. The summed E-state index contributed by atoms with van der Waals surface area (Å²) < 4.78 is 0. The second-order valence-electron chi connectivity index (χ2n) is 4.28. The van der Waals surface area contributed by atoms with E-state index in [2.05, 4.69) is 5.32 Å². The molecule has 3 heteroatoms. The smallest absolute Gasteiger partial charge is 0.251 e. The van der Waals surface area contributed by atoms with Gasteiger partial charge >= 0.3 is 0 Å². The van der Waals surface area contributed by atoms with E-state index in [0.717, 1.165) is 17.5 Å². The van der Waals surface area contributed by atoms with E-state index in [0.29, 0.717) is 18.5 Å². The van der Waals surface area contributed by atoms with Crippen molar-refractivity contribution in [2.45, 2.75) is 33.6 Å². The summed E-state index contributed by atoms with van der Waals surface area (Å²) in [4.78, 5) is 22.8. The van der Waals surface area contributed by atoms with Gasteiger partial charge in [0.2, 0.25) is 0 Å². The van der Waals surface area contributed by atoms with Gasteiger partial charge in [0.1, 0.15) is 5.78 Å². The van der Waals surface area contributed by atoms with Gasteiger partial charge in [-0.1, -0.05) is 13.0 Å². The summed E-state index contributed by atoms with van der Waals surface area (Å²) >= 11 is 0. The monoisotopic (exact) mass is 233 g/mol. The van der Waals surface area contributed by atoms with Crippen molar-refractivity contribution in [2.75, 3.05) is 6.54 Å². The van der Waals surface area contributed by atoms with Crippen molar-refractivity contribution >= 4 is 11.7 Å². The molecule has 0 aliphatic rings. The molecule has 0 aromatic heterocycles. The number of carbonyl (C=O) groups is 2. The molecule has 92 valence electrons. The molecular formula is C14H19NO2. The van der Waals surface area contributed by atoms with Crippen LogP contribution in [0.25, 0.3) is 0 Å². The van der Waals surface area contributed by atoms with Crippen molar-refractivity contribution in [2.24, 2.45) is 0 Å². The first-order valence-corrected chi connectivity index (χ1v) is 5.91. The zero-order chi connectivity index (χ0) is 12.8. The lowest BCUT2D eigenvalue weighted by atomic mass is 10.0. The van der Waals surface area contributed by atoms with Crippen LogP contribution in [0.5, 0.6) is 0 Å². The molecule has 0 bridgehead atoms. The van der Waals surface area contributed by atoms with Gasteiger partial charge < -0.3 is 5.32 Å². The van der Waals surface area contributed by atoms with E-state index in [1.807, 2.05) is 26.0 Å². The molecule has 1 N–H and O–H groups in total. The fourth-order valence-corrected chi connectivity index (χ4v) is 1.64. The maximum atomic E-state index is 11.7. The lowest BCUT2D eigenvalue weighted by Crippen LogP contribution is -2.24. The SMILES string of the molecule is CCCNC(=O)c1ccc(CC(C)=O)c(C)c1. The van der Waals surface area contributed by atoms with Crippen LogP contribution in [0.15, 0.2) is 18.2 Å². The summed E-state index contributed by atoms with van der Waals surface area (Å²) in [7, 11) is 0. The molecule has 1 aromatic carbocycles. The number of aryl methyl sites for hydroxylation is 1. The zero-order valence-corrected chi connectivity index (χ0v) is 10.7. The highest BCUT2D eigenvalue weighted by Gasteiger charge is 2.07. The molecule has 1 amide bonds. The Bertz CT molecular complexity index is 424. The van der Waals surface area contributed by atoms with E-state index in [1.54, 1.807) is 13.0 Å². The molecule has 0 saturated heterocycles. The molecule has 0 fully saturated rings. The second-order valence-corrected chi connectivity index (χ2v) is 4.28. The number of amides is 1. The van der Waals surface area contributed by atoms with Crippen LogP contribution in [-0.4, -0.2) is 18.2 Å². The van der Waals surface area contributed by atoms with Gasteiger partial charge in [-0.05, 0) is 43.5 Å². The first-order chi connectivity index (χ1) is 8.04. The topological polar surface area (TPSA) is 46.2 Å². The highest BCUT2D eigenvalue weighted by atomic mass is 16.1. The quantitative estimate of drug-likeness (QED) is 0.848. The van der Waals surface area contributed by atoms with Crippen LogP contribution in [0.3, 0.4) is 0 Å². The number of benzene rings is 1. The van der Waals surface area contributed by atoms with Crippen LogP contribution in [-0.2, 0) is 11.2 Å². The van der Waals surface area contributed by atoms with Crippen LogP contribution in [0.2, 0.25) is 0 Å². The number of Topliss-reactive ketones (excluding diaryl/α,β-unsaturated/α-hetero) is 1. The van der Waals surface area contributed by atoms with Gasteiger partial charge in [-0.25, -0.2) is 0 Å². The maximum absolute atomic E-state index is 11.7. The highest BCUT2D eigenvalue weighted by Crippen LogP contribution is 2.12. The molecule has 0 aliphatic carbocycles. The van der Waals surface area contributed by atoms with Crippen LogP contribution < -0.4 is 5.32 Å². The van der Waals surface area contributed by atoms with E-state index in [9.17, 15) is 9.59 Å². The molecule has 0 aliphatic heterocycles. The largest absolute Gasteiger partial charge is 0.352 e. The van der Waals surface area contributed by atoms with E-state index in [4.69, 9.17) is 0 Å². The minimum absolute atomic E-state index is 0.0516. The molecule has 0 radical (unpaired) electrons. The van der Waals surface area contributed by atoms with E-state index < -0.39 is 0 Å². The predicted molar refractivity (Wildman–Crippen MR) is 68.2 cm³/mol. The van der Waals surface area contributed by atoms with Crippen molar-refractivity contribution in [1.29, 1.82) is 0 Å². The van der Waals surface area contributed by atoms with Crippen LogP contribution in [0.4, 0.5) is 0 Å². The summed E-state index contributed by atoms with van der Waals surface area (Å²) in [5.41, 5.74) is 2.64. The Morgan fingerprint density at radius 2 is 2.00 bits per heavy atom. The first kappa shape index (κ1) is 13.4. The van der Waals surface area contributed by atoms with Crippen molar-refractivity contribution < 1.29 is 9.59 Å². The van der Waals surface area contributed by atoms with Gasteiger partial charge in [0.25, 0.3) is 5.91 Å². The fraction of sp³-hybridized carbons (Fsp3) is 0.429. The summed E-state index contributed by atoms with van der Waals surface area (Å²) in [5.74, 6) is 0.0839. The van der Waals surface area contributed by atoms with Crippen LogP contribution >= 0.6 is 0 Å². The third kappa shape index (κ3) is 4.02. The number of hydrogen-bond donors (Lipinski definition) is 1. The fourth-order valence-electron chi connectivity index (χ4n) is 1.64. The summed E-state index contributed by atoms with van der Waals surface area (Å²) in [6, 6.07) is 5.47. The number of nitrogens with one attached hydrogen (secondary N) is 1. The lowest BCUT2D eigenvalue weighted by molar-refractivity contribution is -0.116. The molecule has 1 aromatic rings. The normalized spacial score (nSPS) is 10.1. The Kier molecular flexibility index (Phi) is 4.88. The zero-order valence-electron chi connectivity index (χ0n) is 10.7. The number of carbonyl (C=O) groups excluding carboxylic acids is 2. The average Bonchev–Trinajstić information content (AvgIpc) is 2.28. The Morgan fingerprint density at radius 1 is 1.29 bits per heavy atom. The predicted octanol–water partition coefficient (Wildman–Crippen LogP) is 2.27. The number of rotatable bonds is 5. The van der Waals surface area contributed by atoms with E-state index in [1.165, 1.54) is 0 Å². The van der Waals surface area contributed by atoms with Gasteiger partial charge in [-0.3, -0.25) is 9.59 Å². The van der Waals surface area contributed by atoms with Crippen molar-refractivity contribution in [1.82, 2.24) is 5.32 Å². The summed E-state index contributed by atoms with van der Waals surface area (Å²) in [6.45, 7) is 6.20. The first-order valence-electron chi connectivity index (χ1n) is 5.91. The lowest BCUT2D eigenvalue weighted by Gasteiger charge is -2.07. The Morgan fingerprint density at radius 3 is 2.53 bits per heavy atom. The van der Waals surface area contributed by atoms with Gasteiger partial charge in [-0.2, -0.15) is 0 Å². The van der Waals surface area contributed by atoms with Gasteiger partial charge in [0, 0.05) is 18.5 Å². The molecule has 0 spiro atoms. The van der Waals surface area contributed by atoms with Crippen LogP contribution in [0, 0.1) is 6.92 Å². The number of hydrogen-bond acceptors (Lipinski definition) is 2. The minimum atomic E-state index is -0.0516. The summed E-state index contributed by atoms with van der Waals surface area (Å²) in [6.07, 6.45) is 1.36. The molecule has 0 heterocycles. The second kappa shape index (κ2) is 6.18. The Hall–Kier alpha value is -1.64. The van der Waals surface area contributed by atoms with Crippen molar-refractivity contribution in [3.8, 4) is 0 Å². The Labute approximate surface area is 102 Å². The standard InChI is InChI=1S/C14H19NO2/c1-4-7-15-14(17)13-6-5-12(9-11(3)16)10(2)8-13/h5-6,8H,4,7,9H2,1-3H3,(H,15,17). The van der Waals surface area contributed by atoms with E-state index >= 15 is 0 Å². The van der Waals surface area contributed by atoms with Crippen LogP contribution in [0.1, 0.15) is 41.8 Å². The highest BCUT2D eigenvalue weighted by molar-refractivity contribution is 5.94. The molecule has 17 heavy (non-hydrogen) atoms. The molecular weight excluding hydrogens is 214 g/mol. The van der Waals surface area contributed by atoms with E-state index in [-0.39, 0.29) is 11.7 Å². The molecule has 3 nitrogen and oxygen atoms in total. The molecule has 1 rings (SSSR count). The minimum Gasteiger partial charge on any atom is -0.352 e. The third-order valence-corrected chi connectivity index (χ3v) is 2.58. The van der Waals surface area contributed by atoms with Crippen molar-refractivity contribution in [3.05, 3.63) is 34.9 Å². The molecule has 0 saturated carbocycles. The number of ketones is 1. The van der Waals surface area contributed by atoms with Gasteiger partial charge in [0.15, 0.2) is 0 Å². The van der Waals surface area contributed by atoms with Crippen molar-refractivity contribution in [3.63, 3.8) is 0 Å². The van der Waals surface area contributed by atoms with Gasteiger partial charge in [-0.15, -0.1) is 0 Å². The molecule has 0 atom stereocenters.